The van der Waals surface area contributed by atoms with Crippen molar-refractivity contribution in [1.29, 1.82) is 0 Å². The van der Waals surface area contributed by atoms with Gasteiger partial charge in [-0.1, -0.05) is 6.07 Å². The van der Waals surface area contributed by atoms with Gasteiger partial charge in [-0.15, -0.1) is 22.7 Å². The van der Waals surface area contributed by atoms with E-state index < -0.39 is 0 Å². The summed E-state index contributed by atoms with van der Waals surface area (Å²) in [6.07, 6.45) is 5.40. The lowest BCUT2D eigenvalue weighted by Gasteiger charge is -1.99. The molecule has 0 spiro atoms. The number of rotatable bonds is 5. The van der Waals surface area contributed by atoms with Crippen molar-refractivity contribution in [3.05, 3.63) is 65.4 Å². The molecule has 6 nitrogen and oxygen atoms in total. The van der Waals surface area contributed by atoms with Crippen molar-refractivity contribution < 1.29 is 4.79 Å². The molecule has 0 atom stereocenters. The summed E-state index contributed by atoms with van der Waals surface area (Å²) in [6.45, 7) is 0. The molecule has 0 bridgehead atoms. The minimum atomic E-state index is -0.144. The average Bonchev–Trinajstić information content (AvgIpc) is 3.33. The van der Waals surface area contributed by atoms with Crippen LogP contribution >= 0.6 is 22.7 Å². The Labute approximate surface area is 157 Å². The van der Waals surface area contributed by atoms with Gasteiger partial charge < -0.3 is 5.32 Å². The summed E-state index contributed by atoms with van der Waals surface area (Å²) >= 11 is 2.88. The van der Waals surface area contributed by atoms with Crippen molar-refractivity contribution in [2.45, 2.75) is 6.42 Å². The Morgan fingerprint density at radius 3 is 2.77 bits per heavy atom. The van der Waals surface area contributed by atoms with Gasteiger partial charge in [-0.25, -0.2) is 9.97 Å². The summed E-state index contributed by atoms with van der Waals surface area (Å²) in [5.41, 5.74) is 3.21. The van der Waals surface area contributed by atoms with E-state index in [0.29, 0.717) is 5.13 Å². The second-order valence-corrected chi connectivity index (χ2v) is 7.08. The van der Waals surface area contributed by atoms with Crippen LogP contribution in [0.15, 0.2) is 59.7 Å². The van der Waals surface area contributed by atoms with Crippen LogP contribution in [-0.4, -0.2) is 25.8 Å². The topological polar surface area (TPSA) is 80.7 Å². The van der Waals surface area contributed by atoms with Crippen molar-refractivity contribution in [1.82, 2.24) is 19.9 Å². The van der Waals surface area contributed by atoms with E-state index in [1.165, 1.54) is 22.7 Å². The van der Waals surface area contributed by atoms with Gasteiger partial charge in [0.2, 0.25) is 5.91 Å². The molecular weight excluding hydrogens is 366 g/mol. The fraction of sp³-hybridized carbons (Fsp3) is 0.0556. The molecule has 8 heteroatoms. The largest absolute Gasteiger partial charge is 0.302 e. The monoisotopic (exact) mass is 379 g/mol. The Morgan fingerprint density at radius 2 is 1.96 bits per heavy atom. The first-order valence-electron chi connectivity index (χ1n) is 7.79. The molecule has 4 aromatic rings. The molecule has 1 amide bonds. The van der Waals surface area contributed by atoms with Crippen LogP contribution in [0.5, 0.6) is 0 Å². The summed E-state index contributed by atoms with van der Waals surface area (Å²) in [6, 6.07) is 9.46. The summed E-state index contributed by atoms with van der Waals surface area (Å²) in [5.74, 6) is -0.144. The van der Waals surface area contributed by atoms with E-state index in [4.69, 9.17) is 0 Å². The van der Waals surface area contributed by atoms with Crippen LogP contribution in [0.25, 0.3) is 22.0 Å². The molecule has 0 unspecified atom stereocenters. The zero-order valence-corrected chi connectivity index (χ0v) is 15.1. The zero-order valence-electron chi connectivity index (χ0n) is 13.5. The van der Waals surface area contributed by atoms with Crippen LogP contribution in [0.3, 0.4) is 0 Å². The maximum Gasteiger partial charge on any atom is 0.232 e. The molecular formula is C18H13N5OS2. The summed E-state index contributed by atoms with van der Waals surface area (Å²) in [4.78, 5) is 29.5. The molecule has 0 aliphatic rings. The smallest absolute Gasteiger partial charge is 0.232 e. The molecule has 0 aliphatic carbocycles. The van der Waals surface area contributed by atoms with Crippen molar-refractivity contribution >= 4 is 33.7 Å². The molecule has 0 aliphatic heterocycles. The van der Waals surface area contributed by atoms with E-state index in [1.807, 2.05) is 41.1 Å². The molecule has 0 saturated carbocycles. The number of thiazole rings is 2. The van der Waals surface area contributed by atoms with Crippen LogP contribution in [0, 0.1) is 0 Å². The number of hydrogen-bond donors (Lipinski definition) is 1. The molecule has 4 aromatic heterocycles. The Bertz CT molecular complexity index is 933. The number of aromatic nitrogens is 4. The lowest BCUT2D eigenvalue weighted by molar-refractivity contribution is -0.115. The number of pyridine rings is 2. The van der Waals surface area contributed by atoms with Gasteiger partial charge in [0.1, 0.15) is 10.7 Å². The minimum absolute atomic E-state index is 0.144. The Hall–Kier alpha value is -2.97. The maximum atomic E-state index is 12.3. The van der Waals surface area contributed by atoms with Gasteiger partial charge in [-0.3, -0.25) is 14.8 Å². The van der Waals surface area contributed by atoms with Gasteiger partial charge in [0, 0.05) is 34.9 Å². The number of nitrogens with zero attached hydrogens (tertiary/aromatic N) is 4. The molecule has 1 N–H and O–H groups in total. The molecule has 128 valence electrons. The quantitative estimate of drug-likeness (QED) is 0.569. The van der Waals surface area contributed by atoms with Gasteiger partial charge in [0.05, 0.1) is 17.8 Å². The first-order chi connectivity index (χ1) is 12.8. The first-order valence-corrected chi connectivity index (χ1v) is 9.55. The Balaban J connectivity index is 1.40. The third kappa shape index (κ3) is 3.81. The van der Waals surface area contributed by atoms with Crippen LogP contribution < -0.4 is 5.32 Å². The highest BCUT2D eigenvalue weighted by atomic mass is 32.1. The number of hydrogen-bond acceptors (Lipinski definition) is 7. The maximum absolute atomic E-state index is 12.3. The van der Waals surface area contributed by atoms with Gasteiger partial charge >= 0.3 is 0 Å². The number of amides is 1. The van der Waals surface area contributed by atoms with E-state index >= 15 is 0 Å². The summed E-state index contributed by atoms with van der Waals surface area (Å²) in [7, 11) is 0. The standard InChI is InChI=1S/C18H13N5OS2/c24-16(8-13-10-25-17(21-13)12-4-3-6-19-9-12)23-18-22-15(11-26-18)14-5-1-2-7-20-14/h1-7,9-11H,8H2,(H,22,23,24). The lowest BCUT2D eigenvalue weighted by atomic mass is 10.3. The molecule has 0 saturated heterocycles. The van der Waals surface area contributed by atoms with Gasteiger partial charge in [0.25, 0.3) is 0 Å². The normalized spacial score (nSPS) is 10.6. The molecule has 0 fully saturated rings. The van der Waals surface area contributed by atoms with Crippen LogP contribution in [-0.2, 0) is 11.2 Å². The number of nitrogens with one attached hydrogen (secondary N) is 1. The van der Waals surface area contributed by atoms with Gasteiger partial charge in [-0.05, 0) is 24.3 Å². The number of anilines is 1. The second kappa shape index (κ2) is 7.51. The van der Waals surface area contributed by atoms with Gasteiger partial charge in [-0.2, -0.15) is 0 Å². The van der Waals surface area contributed by atoms with Crippen molar-refractivity contribution in [3.63, 3.8) is 0 Å². The van der Waals surface area contributed by atoms with Gasteiger partial charge in [0.15, 0.2) is 5.13 Å². The van der Waals surface area contributed by atoms with E-state index in [2.05, 4.69) is 25.3 Å². The minimum Gasteiger partial charge on any atom is -0.302 e. The highest BCUT2D eigenvalue weighted by molar-refractivity contribution is 7.14. The molecule has 4 rings (SSSR count). The zero-order chi connectivity index (χ0) is 17.8. The van der Waals surface area contributed by atoms with E-state index in [0.717, 1.165) is 27.7 Å². The molecule has 0 radical (unpaired) electrons. The molecule has 4 heterocycles. The van der Waals surface area contributed by atoms with Crippen molar-refractivity contribution in [2.75, 3.05) is 5.32 Å². The number of carbonyl (C=O) groups is 1. The predicted octanol–water partition coefficient (Wildman–Crippen LogP) is 3.90. The van der Waals surface area contributed by atoms with Crippen molar-refractivity contribution in [3.8, 4) is 22.0 Å². The molecule has 26 heavy (non-hydrogen) atoms. The predicted molar refractivity (Wildman–Crippen MR) is 103 cm³/mol. The third-order valence-corrected chi connectivity index (χ3v) is 5.18. The third-order valence-electron chi connectivity index (χ3n) is 3.48. The summed E-state index contributed by atoms with van der Waals surface area (Å²) in [5, 5.41) is 8.00. The highest BCUT2D eigenvalue weighted by Crippen LogP contribution is 2.25. The Kier molecular flexibility index (Phi) is 4.76. The lowest BCUT2D eigenvalue weighted by Crippen LogP contribution is -2.14. The molecule has 0 aromatic carbocycles. The summed E-state index contributed by atoms with van der Waals surface area (Å²) < 4.78 is 0. The highest BCUT2D eigenvalue weighted by Gasteiger charge is 2.12. The SMILES string of the molecule is O=C(Cc1csc(-c2cccnc2)n1)Nc1nc(-c2ccccn2)cs1. The van der Waals surface area contributed by atoms with Crippen molar-refractivity contribution in [2.24, 2.45) is 0 Å². The van der Waals surface area contributed by atoms with E-state index in [-0.39, 0.29) is 12.3 Å². The van der Waals surface area contributed by atoms with Crippen LogP contribution in [0.4, 0.5) is 5.13 Å². The first kappa shape index (κ1) is 16.5. The van der Waals surface area contributed by atoms with E-state index in [1.54, 1.807) is 18.6 Å². The average molecular weight is 379 g/mol. The van der Waals surface area contributed by atoms with E-state index in [9.17, 15) is 4.79 Å². The Morgan fingerprint density at radius 1 is 1.00 bits per heavy atom. The van der Waals surface area contributed by atoms with Crippen LogP contribution in [0.2, 0.25) is 0 Å². The number of carbonyl (C=O) groups excluding carboxylic acids is 1. The van der Waals surface area contributed by atoms with Crippen LogP contribution in [0.1, 0.15) is 5.69 Å². The fourth-order valence-electron chi connectivity index (χ4n) is 2.30. The second-order valence-electron chi connectivity index (χ2n) is 5.36. The fourth-order valence-corrected chi connectivity index (χ4v) is 3.83.